The lowest BCUT2D eigenvalue weighted by molar-refractivity contribution is 0.425. The molecule has 0 saturated carbocycles. The molecule has 86 valence electrons. The van der Waals surface area contributed by atoms with Gasteiger partial charge in [0, 0.05) is 11.9 Å². The molecule has 0 spiro atoms. The quantitative estimate of drug-likeness (QED) is 0.624. The highest BCUT2D eigenvalue weighted by Gasteiger charge is 2.10. The van der Waals surface area contributed by atoms with Gasteiger partial charge in [0.25, 0.3) is 0 Å². The molecule has 17 heavy (non-hydrogen) atoms. The molecule has 0 atom stereocenters. The second kappa shape index (κ2) is 5.86. The third-order valence-corrected chi connectivity index (χ3v) is 3.29. The smallest absolute Gasteiger partial charge is 0.423 e. The van der Waals surface area contributed by atoms with Crippen LogP contribution < -0.4 is 5.46 Å². The highest BCUT2D eigenvalue weighted by molar-refractivity contribution is 7.98. The van der Waals surface area contributed by atoms with E-state index in [-0.39, 0.29) is 0 Å². The number of hydrogen-bond donors (Lipinski definition) is 2. The zero-order valence-electron chi connectivity index (χ0n) is 9.15. The average Bonchev–Trinajstić information content (AvgIpc) is 2.38. The average molecular weight is 245 g/mol. The maximum absolute atomic E-state index is 9.07. The van der Waals surface area contributed by atoms with E-state index >= 15 is 0 Å². The normalized spacial score (nSPS) is 10.2. The molecule has 0 radical (unpaired) electrons. The highest BCUT2D eigenvalue weighted by atomic mass is 32.2. The molecule has 1 aromatic heterocycles. The number of pyridine rings is 1. The van der Waals surface area contributed by atoms with Gasteiger partial charge in [-0.2, -0.15) is 0 Å². The van der Waals surface area contributed by atoms with Crippen LogP contribution in [0.15, 0.2) is 53.7 Å². The maximum atomic E-state index is 9.07. The predicted molar refractivity (Wildman–Crippen MR) is 70.1 cm³/mol. The molecule has 0 fully saturated rings. The van der Waals surface area contributed by atoms with Crippen LogP contribution in [0, 0.1) is 0 Å². The van der Waals surface area contributed by atoms with Crippen LogP contribution in [-0.2, 0) is 5.75 Å². The van der Waals surface area contributed by atoms with E-state index in [1.807, 2.05) is 30.3 Å². The molecule has 0 amide bonds. The number of rotatable bonds is 4. The number of thioether (sulfide) groups is 1. The monoisotopic (exact) mass is 245 g/mol. The Morgan fingerprint density at radius 3 is 2.71 bits per heavy atom. The standard InChI is InChI=1S/C12H12BNO2S/c15-13(16)11-5-3-4-10(8-11)9-17-12-6-1-2-7-14-12/h1-8,15-16H,9H2. The van der Waals surface area contributed by atoms with Crippen molar-refractivity contribution in [2.45, 2.75) is 10.8 Å². The fourth-order valence-electron chi connectivity index (χ4n) is 1.43. The van der Waals surface area contributed by atoms with Gasteiger partial charge in [0.2, 0.25) is 0 Å². The summed E-state index contributed by atoms with van der Waals surface area (Å²) in [5.74, 6) is 0.761. The van der Waals surface area contributed by atoms with Crippen molar-refractivity contribution in [2.75, 3.05) is 0 Å². The maximum Gasteiger partial charge on any atom is 0.488 e. The zero-order valence-corrected chi connectivity index (χ0v) is 9.97. The van der Waals surface area contributed by atoms with Crippen molar-refractivity contribution in [3.63, 3.8) is 0 Å². The molecule has 0 aliphatic rings. The SMILES string of the molecule is OB(O)c1cccc(CSc2ccccn2)c1. The van der Waals surface area contributed by atoms with Gasteiger partial charge in [-0.1, -0.05) is 30.3 Å². The van der Waals surface area contributed by atoms with Crippen molar-refractivity contribution in [3.8, 4) is 0 Å². The molecule has 2 rings (SSSR count). The van der Waals surface area contributed by atoms with Gasteiger partial charge in [-0.05, 0) is 23.2 Å². The van der Waals surface area contributed by atoms with E-state index in [1.165, 1.54) is 0 Å². The minimum atomic E-state index is -1.41. The lowest BCUT2D eigenvalue weighted by Gasteiger charge is -2.04. The van der Waals surface area contributed by atoms with Gasteiger partial charge in [-0.25, -0.2) is 4.98 Å². The lowest BCUT2D eigenvalue weighted by Crippen LogP contribution is -2.29. The lowest BCUT2D eigenvalue weighted by atomic mass is 9.80. The van der Waals surface area contributed by atoms with Gasteiger partial charge in [-0.3, -0.25) is 0 Å². The topological polar surface area (TPSA) is 53.4 Å². The Labute approximate surface area is 105 Å². The van der Waals surface area contributed by atoms with Crippen molar-refractivity contribution < 1.29 is 10.0 Å². The van der Waals surface area contributed by atoms with E-state index in [9.17, 15) is 0 Å². The minimum Gasteiger partial charge on any atom is -0.423 e. The van der Waals surface area contributed by atoms with Crippen molar-refractivity contribution in [2.24, 2.45) is 0 Å². The first-order valence-corrected chi connectivity index (χ1v) is 6.23. The molecule has 3 nitrogen and oxygen atoms in total. The van der Waals surface area contributed by atoms with Crippen LogP contribution in [0.1, 0.15) is 5.56 Å². The molecule has 0 bridgehead atoms. The molecule has 0 aliphatic carbocycles. The third kappa shape index (κ3) is 3.59. The van der Waals surface area contributed by atoms with Gasteiger partial charge in [0.15, 0.2) is 0 Å². The van der Waals surface area contributed by atoms with Crippen LogP contribution in [0.2, 0.25) is 0 Å². The summed E-state index contributed by atoms with van der Waals surface area (Å²) in [6.45, 7) is 0. The van der Waals surface area contributed by atoms with Crippen molar-refractivity contribution in [1.82, 2.24) is 4.98 Å². The van der Waals surface area contributed by atoms with Crippen molar-refractivity contribution in [3.05, 3.63) is 54.2 Å². The summed E-state index contributed by atoms with van der Waals surface area (Å²) in [5.41, 5.74) is 1.57. The van der Waals surface area contributed by atoms with E-state index in [1.54, 1.807) is 30.1 Å². The molecular formula is C12H12BNO2S. The first-order valence-electron chi connectivity index (χ1n) is 5.24. The highest BCUT2D eigenvalue weighted by Crippen LogP contribution is 2.19. The van der Waals surface area contributed by atoms with Gasteiger partial charge >= 0.3 is 7.12 Å². The molecule has 1 aromatic carbocycles. The minimum absolute atomic E-state index is 0.518. The van der Waals surface area contributed by atoms with Crippen LogP contribution in [0.3, 0.4) is 0 Å². The van der Waals surface area contributed by atoms with Crippen LogP contribution in [-0.4, -0.2) is 22.2 Å². The largest absolute Gasteiger partial charge is 0.488 e. The van der Waals surface area contributed by atoms with Crippen LogP contribution >= 0.6 is 11.8 Å². The van der Waals surface area contributed by atoms with E-state index in [0.29, 0.717) is 5.46 Å². The Balaban J connectivity index is 2.02. The molecule has 2 N–H and O–H groups in total. The second-order valence-corrected chi connectivity index (χ2v) is 4.57. The molecule has 0 saturated heterocycles. The van der Waals surface area contributed by atoms with Gasteiger partial charge < -0.3 is 10.0 Å². The van der Waals surface area contributed by atoms with Crippen molar-refractivity contribution in [1.29, 1.82) is 0 Å². The predicted octanol–water partition coefficient (Wildman–Crippen LogP) is 1.05. The molecule has 0 aliphatic heterocycles. The number of benzene rings is 1. The van der Waals surface area contributed by atoms with E-state index in [4.69, 9.17) is 10.0 Å². The zero-order chi connectivity index (χ0) is 12.1. The first-order chi connectivity index (χ1) is 8.25. The Morgan fingerprint density at radius 1 is 1.12 bits per heavy atom. The summed E-state index contributed by atoms with van der Waals surface area (Å²) in [6, 6.07) is 13.1. The second-order valence-electron chi connectivity index (χ2n) is 3.58. The number of nitrogens with zero attached hydrogens (tertiary/aromatic N) is 1. The summed E-state index contributed by atoms with van der Waals surface area (Å²) in [4.78, 5) is 4.22. The Kier molecular flexibility index (Phi) is 4.20. The Hall–Kier alpha value is -1.30. The third-order valence-electron chi connectivity index (χ3n) is 2.27. The first kappa shape index (κ1) is 12.2. The van der Waals surface area contributed by atoms with Crippen molar-refractivity contribution >= 4 is 24.3 Å². The molecule has 5 heteroatoms. The van der Waals surface area contributed by atoms with Crippen LogP contribution in [0.4, 0.5) is 0 Å². The Morgan fingerprint density at radius 2 is 2.00 bits per heavy atom. The van der Waals surface area contributed by atoms with Gasteiger partial charge in [-0.15, -0.1) is 11.8 Å². The summed E-state index contributed by atoms with van der Waals surface area (Å²) in [6.07, 6.45) is 1.76. The fourth-order valence-corrected chi connectivity index (χ4v) is 2.24. The summed E-state index contributed by atoms with van der Waals surface area (Å²) >= 11 is 1.62. The van der Waals surface area contributed by atoms with E-state index < -0.39 is 7.12 Å². The number of hydrogen-bond acceptors (Lipinski definition) is 4. The summed E-state index contributed by atoms with van der Waals surface area (Å²) < 4.78 is 0. The summed E-state index contributed by atoms with van der Waals surface area (Å²) in [5, 5.41) is 19.1. The van der Waals surface area contributed by atoms with E-state index in [2.05, 4.69) is 4.98 Å². The molecule has 0 unspecified atom stereocenters. The van der Waals surface area contributed by atoms with Crippen LogP contribution in [0.5, 0.6) is 0 Å². The number of aromatic nitrogens is 1. The molecule has 1 heterocycles. The molecule has 2 aromatic rings. The van der Waals surface area contributed by atoms with Gasteiger partial charge in [0.05, 0.1) is 5.03 Å². The van der Waals surface area contributed by atoms with E-state index in [0.717, 1.165) is 16.3 Å². The fraction of sp³-hybridized carbons (Fsp3) is 0.0833. The molecular weight excluding hydrogens is 233 g/mol. The Bertz CT molecular complexity index is 479. The summed E-state index contributed by atoms with van der Waals surface area (Å²) in [7, 11) is -1.41. The van der Waals surface area contributed by atoms with Gasteiger partial charge in [0.1, 0.15) is 0 Å². The van der Waals surface area contributed by atoms with Crippen LogP contribution in [0.25, 0.3) is 0 Å².